The van der Waals surface area contributed by atoms with Crippen LogP contribution in [0.15, 0.2) is 24.3 Å². The average Bonchev–Trinajstić information content (AvgIpc) is 2.92. The van der Waals surface area contributed by atoms with Gasteiger partial charge >= 0.3 is 0 Å². The number of rotatable bonds is 5. The summed E-state index contributed by atoms with van der Waals surface area (Å²) < 4.78 is 0. The molecule has 2 saturated heterocycles. The molecule has 5 nitrogen and oxygen atoms in total. The second-order valence-corrected chi connectivity index (χ2v) is 9.23. The standard InChI is InChI=1S/C22H33N3O2/c1-15(2)16-7-9-18(10-8-16)24-19-11-12-20(24)14-17(13-19)23-21-5-3-4-6-22(21)25(26)27/h3-6,15-20,23H,7-14H2,1-2H3/t16?,17?,18?,19-,20+. The molecule has 2 aliphatic heterocycles. The lowest BCUT2D eigenvalue weighted by atomic mass is 9.78. The predicted molar refractivity (Wildman–Crippen MR) is 109 cm³/mol. The van der Waals surface area contributed by atoms with Crippen molar-refractivity contribution in [1.29, 1.82) is 0 Å². The summed E-state index contributed by atoms with van der Waals surface area (Å²) in [6.45, 7) is 4.74. The summed E-state index contributed by atoms with van der Waals surface area (Å²) >= 11 is 0. The molecular weight excluding hydrogens is 338 g/mol. The van der Waals surface area contributed by atoms with Crippen LogP contribution in [0, 0.1) is 22.0 Å². The Bertz CT molecular complexity index is 655. The zero-order valence-corrected chi connectivity index (χ0v) is 16.6. The predicted octanol–water partition coefficient (Wildman–Crippen LogP) is 5.22. The van der Waals surface area contributed by atoms with Crippen molar-refractivity contribution in [3.8, 4) is 0 Å². The van der Waals surface area contributed by atoms with E-state index >= 15 is 0 Å². The number of nitro groups is 1. The van der Waals surface area contributed by atoms with Crippen LogP contribution in [0.25, 0.3) is 0 Å². The summed E-state index contributed by atoms with van der Waals surface area (Å²) in [5, 5.41) is 14.8. The molecule has 5 heteroatoms. The van der Waals surface area contributed by atoms with E-state index in [1.165, 1.54) is 38.5 Å². The number of benzene rings is 1. The smallest absolute Gasteiger partial charge is 0.292 e. The van der Waals surface area contributed by atoms with Crippen molar-refractivity contribution < 1.29 is 4.92 Å². The molecule has 0 amide bonds. The molecule has 148 valence electrons. The second-order valence-electron chi connectivity index (χ2n) is 9.23. The summed E-state index contributed by atoms with van der Waals surface area (Å²) in [6, 6.07) is 9.50. The quantitative estimate of drug-likeness (QED) is 0.570. The zero-order chi connectivity index (χ0) is 19.0. The van der Waals surface area contributed by atoms with Gasteiger partial charge in [0, 0.05) is 30.2 Å². The molecule has 1 aromatic rings. The summed E-state index contributed by atoms with van der Waals surface area (Å²) in [4.78, 5) is 13.9. The van der Waals surface area contributed by atoms with E-state index in [4.69, 9.17) is 0 Å². The molecule has 3 aliphatic rings. The third-order valence-corrected chi connectivity index (χ3v) is 7.36. The van der Waals surface area contributed by atoms with E-state index in [2.05, 4.69) is 24.1 Å². The van der Waals surface area contributed by atoms with Crippen molar-refractivity contribution in [1.82, 2.24) is 4.90 Å². The van der Waals surface area contributed by atoms with Crippen LogP contribution in [0.4, 0.5) is 11.4 Å². The van der Waals surface area contributed by atoms with Crippen molar-refractivity contribution >= 4 is 11.4 Å². The van der Waals surface area contributed by atoms with Gasteiger partial charge in [-0.15, -0.1) is 0 Å². The minimum absolute atomic E-state index is 0.194. The van der Waals surface area contributed by atoms with Gasteiger partial charge < -0.3 is 5.32 Å². The molecule has 27 heavy (non-hydrogen) atoms. The van der Waals surface area contributed by atoms with Crippen molar-refractivity contribution in [2.75, 3.05) is 5.32 Å². The minimum Gasteiger partial charge on any atom is -0.377 e. The molecule has 0 aromatic heterocycles. The molecule has 0 radical (unpaired) electrons. The Morgan fingerprint density at radius 1 is 1.00 bits per heavy atom. The van der Waals surface area contributed by atoms with Crippen LogP contribution in [-0.4, -0.2) is 34.0 Å². The topological polar surface area (TPSA) is 58.4 Å². The first-order valence-electron chi connectivity index (χ1n) is 10.8. The first kappa shape index (κ1) is 18.7. The number of fused-ring (bicyclic) bond motifs is 2. The van der Waals surface area contributed by atoms with E-state index in [0.717, 1.165) is 30.7 Å². The molecule has 1 aromatic carbocycles. The molecule has 1 N–H and O–H groups in total. The summed E-state index contributed by atoms with van der Waals surface area (Å²) in [5.74, 6) is 1.73. The highest BCUT2D eigenvalue weighted by molar-refractivity contribution is 5.61. The van der Waals surface area contributed by atoms with Gasteiger partial charge in [-0.2, -0.15) is 0 Å². The van der Waals surface area contributed by atoms with Crippen LogP contribution >= 0.6 is 0 Å². The van der Waals surface area contributed by atoms with Crippen LogP contribution in [0.2, 0.25) is 0 Å². The van der Waals surface area contributed by atoms with E-state index in [9.17, 15) is 10.1 Å². The largest absolute Gasteiger partial charge is 0.377 e. The molecule has 2 heterocycles. The van der Waals surface area contributed by atoms with Gasteiger partial charge in [-0.05, 0) is 69.3 Å². The number of hydrogen-bond donors (Lipinski definition) is 1. The number of piperidine rings is 1. The molecule has 1 unspecified atom stereocenters. The van der Waals surface area contributed by atoms with E-state index < -0.39 is 0 Å². The third-order valence-electron chi connectivity index (χ3n) is 7.36. The zero-order valence-electron chi connectivity index (χ0n) is 16.6. The minimum atomic E-state index is -0.279. The van der Waals surface area contributed by atoms with Gasteiger partial charge in [0.15, 0.2) is 0 Å². The first-order chi connectivity index (χ1) is 13.0. The van der Waals surface area contributed by atoms with Crippen LogP contribution in [0.1, 0.15) is 65.2 Å². The molecule has 1 saturated carbocycles. The number of nitrogens with zero attached hydrogens (tertiary/aromatic N) is 2. The summed E-state index contributed by atoms with van der Waals surface area (Å²) in [6.07, 6.45) is 10.3. The van der Waals surface area contributed by atoms with Crippen LogP contribution in [0.5, 0.6) is 0 Å². The SMILES string of the molecule is CC(C)C1CCC(N2[C@@H]3CC[C@H]2CC(Nc2ccccc2[N+](=O)[O-])C3)CC1. The highest BCUT2D eigenvalue weighted by Crippen LogP contribution is 2.43. The van der Waals surface area contributed by atoms with Crippen molar-refractivity contribution in [2.45, 2.75) is 89.4 Å². The Labute approximate surface area is 162 Å². The molecule has 1 aliphatic carbocycles. The summed E-state index contributed by atoms with van der Waals surface area (Å²) in [7, 11) is 0. The average molecular weight is 372 g/mol. The first-order valence-corrected chi connectivity index (χ1v) is 10.8. The fourth-order valence-corrected chi connectivity index (χ4v) is 5.97. The molecule has 2 bridgehead atoms. The molecular formula is C22H33N3O2. The lowest BCUT2D eigenvalue weighted by Crippen LogP contribution is -2.52. The van der Waals surface area contributed by atoms with Crippen LogP contribution in [0.3, 0.4) is 0 Å². The normalized spacial score (nSPS) is 34.0. The highest BCUT2D eigenvalue weighted by atomic mass is 16.6. The van der Waals surface area contributed by atoms with Crippen molar-refractivity contribution in [3.63, 3.8) is 0 Å². The third kappa shape index (κ3) is 3.84. The van der Waals surface area contributed by atoms with Crippen molar-refractivity contribution in [3.05, 3.63) is 34.4 Å². The number of hydrogen-bond acceptors (Lipinski definition) is 4. The van der Waals surface area contributed by atoms with Gasteiger partial charge in [-0.1, -0.05) is 26.0 Å². The fourth-order valence-electron chi connectivity index (χ4n) is 5.97. The van der Waals surface area contributed by atoms with E-state index in [-0.39, 0.29) is 10.6 Å². The van der Waals surface area contributed by atoms with E-state index in [1.54, 1.807) is 12.1 Å². The van der Waals surface area contributed by atoms with Gasteiger partial charge in [0.2, 0.25) is 0 Å². The summed E-state index contributed by atoms with van der Waals surface area (Å²) in [5.41, 5.74) is 0.872. The fraction of sp³-hybridized carbons (Fsp3) is 0.727. The Morgan fingerprint density at radius 2 is 1.59 bits per heavy atom. The van der Waals surface area contributed by atoms with Gasteiger partial charge in [-0.25, -0.2) is 0 Å². The van der Waals surface area contributed by atoms with E-state index in [1.807, 2.05) is 12.1 Å². The van der Waals surface area contributed by atoms with Gasteiger partial charge in [0.25, 0.3) is 5.69 Å². The maximum Gasteiger partial charge on any atom is 0.292 e. The monoisotopic (exact) mass is 371 g/mol. The molecule has 3 fully saturated rings. The molecule has 0 spiro atoms. The maximum absolute atomic E-state index is 11.3. The van der Waals surface area contributed by atoms with E-state index in [0.29, 0.717) is 23.8 Å². The Kier molecular flexibility index (Phi) is 5.40. The number of para-hydroxylation sites is 2. The van der Waals surface area contributed by atoms with Crippen molar-refractivity contribution in [2.24, 2.45) is 11.8 Å². The van der Waals surface area contributed by atoms with Gasteiger partial charge in [0.05, 0.1) is 4.92 Å². The Hall–Kier alpha value is -1.62. The molecule has 4 rings (SSSR count). The Morgan fingerprint density at radius 3 is 2.19 bits per heavy atom. The number of anilines is 1. The van der Waals surface area contributed by atoms with Gasteiger partial charge in [0.1, 0.15) is 5.69 Å². The highest BCUT2D eigenvalue weighted by Gasteiger charge is 2.44. The van der Waals surface area contributed by atoms with Gasteiger partial charge in [-0.3, -0.25) is 15.0 Å². The van der Waals surface area contributed by atoms with Crippen LogP contribution in [-0.2, 0) is 0 Å². The number of nitrogens with one attached hydrogen (secondary N) is 1. The lowest BCUT2D eigenvalue weighted by molar-refractivity contribution is -0.384. The second kappa shape index (κ2) is 7.78. The van der Waals surface area contributed by atoms with Crippen LogP contribution < -0.4 is 5.32 Å². The molecule has 3 atom stereocenters. The Balaban J connectivity index is 1.39. The number of nitro benzene ring substituents is 1. The maximum atomic E-state index is 11.3. The lowest BCUT2D eigenvalue weighted by Gasteiger charge is -2.46.